The van der Waals surface area contributed by atoms with E-state index in [-0.39, 0.29) is 11.6 Å². The van der Waals surface area contributed by atoms with Crippen molar-refractivity contribution in [1.29, 1.82) is 0 Å². The Labute approximate surface area is 134 Å². The van der Waals surface area contributed by atoms with E-state index >= 15 is 0 Å². The van der Waals surface area contributed by atoms with Crippen LogP contribution in [0.3, 0.4) is 0 Å². The third-order valence-electron chi connectivity index (χ3n) is 3.04. The van der Waals surface area contributed by atoms with Gasteiger partial charge in [0.15, 0.2) is 0 Å². The average molecular weight is 310 g/mol. The maximum Gasteiger partial charge on any atom is 0.268 e. The summed E-state index contributed by atoms with van der Waals surface area (Å²) in [4.78, 5) is 24.5. The number of nitrogens with one attached hydrogen (secondary N) is 2. The van der Waals surface area contributed by atoms with E-state index in [1.165, 1.54) is 12.3 Å². The lowest BCUT2D eigenvalue weighted by molar-refractivity contribution is -0.117. The molecule has 5 heteroatoms. The van der Waals surface area contributed by atoms with Crippen LogP contribution in [0.15, 0.2) is 65.4 Å². The Hall–Kier alpha value is -3.08. The van der Waals surface area contributed by atoms with Gasteiger partial charge < -0.3 is 15.1 Å². The second-order valence-corrected chi connectivity index (χ2v) is 4.89. The maximum absolute atomic E-state index is 12.3. The average Bonchev–Trinajstić information content (AvgIpc) is 3.05. The largest absolute Gasteiger partial charge is 0.465 e. The van der Waals surface area contributed by atoms with E-state index in [9.17, 15) is 9.59 Å². The fourth-order valence-corrected chi connectivity index (χ4v) is 1.83. The molecule has 0 bridgehead atoms. The standard InChI is InChI=1S/C18H18N2O3/c1-3-10-19-18(22)16(12-15-5-4-11-23-15)20-17(21)14-8-6-13(2)7-9-14/h3-9,11-12H,1,10H2,2H3,(H,19,22)(H,20,21). The van der Waals surface area contributed by atoms with E-state index in [0.717, 1.165) is 5.56 Å². The summed E-state index contributed by atoms with van der Waals surface area (Å²) in [5.74, 6) is -0.309. The van der Waals surface area contributed by atoms with Crippen molar-refractivity contribution >= 4 is 17.9 Å². The SMILES string of the molecule is C=CCNC(=O)C(=Cc1ccco1)NC(=O)c1ccc(C)cc1. The van der Waals surface area contributed by atoms with Crippen molar-refractivity contribution in [1.82, 2.24) is 10.6 Å². The quantitative estimate of drug-likeness (QED) is 0.636. The van der Waals surface area contributed by atoms with Gasteiger partial charge in [-0.25, -0.2) is 0 Å². The van der Waals surface area contributed by atoms with Crippen molar-refractivity contribution in [3.05, 3.63) is 77.9 Å². The molecule has 5 nitrogen and oxygen atoms in total. The lowest BCUT2D eigenvalue weighted by Crippen LogP contribution is -2.34. The first-order chi connectivity index (χ1) is 11.1. The van der Waals surface area contributed by atoms with Crippen LogP contribution in [-0.2, 0) is 4.79 Å². The van der Waals surface area contributed by atoms with Crippen LogP contribution in [0.2, 0.25) is 0 Å². The number of rotatable bonds is 6. The van der Waals surface area contributed by atoms with E-state index < -0.39 is 5.91 Å². The molecule has 0 aliphatic carbocycles. The second-order valence-electron chi connectivity index (χ2n) is 4.89. The predicted molar refractivity (Wildman–Crippen MR) is 88.5 cm³/mol. The number of aryl methyl sites for hydroxylation is 1. The Morgan fingerprint density at radius 2 is 1.96 bits per heavy atom. The normalized spacial score (nSPS) is 10.9. The zero-order valence-corrected chi connectivity index (χ0v) is 12.8. The highest BCUT2D eigenvalue weighted by molar-refractivity contribution is 6.05. The van der Waals surface area contributed by atoms with Crippen molar-refractivity contribution < 1.29 is 14.0 Å². The van der Waals surface area contributed by atoms with Gasteiger partial charge in [-0.2, -0.15) is 0 Å². The Morgan fingerprint density at radius 3 is 2.57 bits per heavy atom. The molecule has 1 aromatic heterocycles. The fraction of sp³-hybridized carbons (Fsp3) is 0.111. The maximum atomic E-state index is 12.3. The van der Waals surface area contributed by atoms with E-state index in [1.54, 1.807) is 30.3 Å². The summed E-state index contributed by atoms with van der Waals surface area (Å²) in [5.41, 5.74) is 1.63. The summed E-state index contributed by atoms with van der Waals surface area (Å²) in [5, 5.41) is 5.24. The fourth-order valence-electron chi connectivity index (χ4n) is 1.83. The Morgan fingerprint density at radius 1 is 1.22 bits per heavy atom. The van der Waals surface area contributed by atoms with Gasteiger partial charge in [-0.3, -0.25) is 9.59 Å². The van der Waals surface area contributed by atoms with Gasteiger partial charge in [-0.1, -0.05) is 23.8 Å². The minimum Gasteiger partial charge on any atom is -0.465 e. The van der Waals surface area contributed by atoms with Crippen molar-refractivity contribution in [2.24, 2.45) is 0 Å². The molecule has 1 aromatic carbocycles. The highest BCUT2D eigenvalue weighted by atomic mass is 16.3. The first-order valence-corrected chi connectivity index (χ1v) is 7.12. The van der Waals surface area contributed by atoms with Gasteiger partial charge in [0.1, 0.15) is 11.5 Å². The van der Waals surface area contributed by atoms with E-state index in [1.807, 2.05) is 19.1 Å². The molecular formula is C18H18N2O3. The molecule has 0 aliphatic heterocycles. The highest BCUT2D eigenvalue weighted by Crippen LogP contribution is 2.08. The predicted octanol–water partition coefficient (Wildman–Crippen LogP) is 2.66. The molecule has 23 heavy (non-hydrogen) atoms. The molecule has 0 saturated carbocycles. The summed E-state index contributed by atoms with van der Waals surface area (Å²) in [6, 6.07) is 10.5. The van der Waals surface area contributed by atoms with E-state index in [2.05, 4.69) is 17.2 Å². The molecule has 2 aromatic rings. The summed E-state index contributed by atoms with van der Waals surface area (Å²) in [6.07, 6.45) is 4.53. The van der Waals surface area contributed by atoms with E-state index in [4.69, 9.17) is 4.42 Å². The van der Waals surface area contributed by atoms with Crippen LogP contribution in [0.1, 0.15) is 21.7 Å². The smallest absolute Gasteiger partial charge is 0.268 e. The van der Waals surface area contributed by atoms with Gasteiger partial charge in [0.25, 0.3) is 11.8 Å². The molecule has 0 atom stereocenters. The first kappa shape index (κ1) is 16.3. The Bertz CT molecular complexity index is 713. The number of benzene rings is 1. The number of hydrogen-bond donors (Lipinski definition) is 2. The van der Waals surface area contributed by atoms with Crippen molar-refractivity contribution in [2.75, 3.05) is 6.54 Å². The zero-order chi connectivity index (χ0) is 16.7. The van der Waals surface area contributed by atoms with Gasteiger partial charge in [-0.15, -0.1) is 6.58 Å². The lowest BCUT2D eigenvalue weighted by atomic mass is 10.1. The van der Waals surface area contributed by atoms with Crippen molar-refractivity contribution in [3.8, 4) is 0 Å². The molecule has 0 spiro atoms. The molecule has 2 N–H and O–H groups in total. The molecule has 0 unspecified atom stereocenters. The monoisotopic (exact) mass is 310 g/mol. The molecule has 0 fully saturated rings. The van der Waals surface area contributed by atoms with Gasteiger partial charge in [0.2, 0.25) is 0 Å². The number of hydrogen-bond acceptors (Lipinski definition) is 3. The number of carbonyl (C=O) groups is 2. The number of amides is 2. The molecule has 2 amide bonds. The Kier molecular flexibility index (Phi) is 5.52. The van der Waals surface area contributed by atoms with Crippen LogP contribution < -0.4 is 10.6 Å². The zero-order valence-electron chi connectivity index (χ0n) is 12.8. The number of carbonyl (C=O) groups excluding carboxylic acids is 2. The molecule has 1 heterocycles. The second kappa shape index (κ2) is 7.79. The molecule has 0 radical (unpaired) electrons. The molecular weight excluding hydrogens is 292 g/mol. The molecule has 0 aliphatic rings. The summed E-state index contributed by atoms with van der Waals surface area (Å²) >= 11 is 0. The molecule has 0 saturated heterocycles. The van der Waals surface area contributed by atoms with Crippen molar-refractivity contribution in [3.63, 3.8) is 0 Å². The summed E-state index contributed by atoms with van der Waals surface area (Å²) in [7, 11) is 0. The van der Waals surface area contributed by atoms with Crippen LogP contribution in [0.25, 0.3) is 6.08 Å². The lowest BCUT2D eigenvalue weighted by Gasteiger charge is -2.10. The van der Waals surface area contributed by atoms with Gasteiger partial charge >= 0.3 is 0 Å². The summed E-state index contributed by atoms with van der Waals surface area (Å²) in [6.45, 7) is 5.78. The van der Waals surface area contributed by atoms with Gasteiger partial charge in [-0.05, 0) is 31.2 Å². The minimum atomic E-state index is -0.415. The topological polar surface area (TPSA) is 71.3 Å². The van der Waals surface area contributed by atoms with E-state index in [0.29, 0.717) is 17.9 Å². The van der Waals surface area contributed by atoms with Gasteiger partial charge in [0, 0.05) is 18.2 Å². The first-order valence-electron chi connectivity index (χ1n) is 7.12. The van der Waals surface area contributed by atoms with Crippen LogP contribution in [0.5, 0.6) is 0 Å². The minimum absolute atomic E-state index is 0.104. The summed E-state index contributed by atoms with van der Waals surface area (Å²) < 4.78 is 5.19. The number of furan rings is 1. The third kappa shape index (κ3) is 4.71. The highest BCUT2D eigenvalue weighted by Gasteiger charge is 2.14. The third-order valence-corrected chi connectivity index (χ3v) is 3.04. The van der Waals surface area contributed by atoms with Crippen molar-refractivity contribution in [2.45, 2.75) is 6.92 Å². The van der Waals surface area contributed by atoms with Crippen LogP contribution in [0.4, 0.5) is 0 Å². The molecule has 118 valence electrons. The van der Waals surface area contributed by atoms with Crippen LogP contribution >= 0.6 is 0 Å². The van der Waals surface area contributed by atoms with Gasteiger partial charge in [0.05, 0.1) is 6.26 Å². The van der Waals surface area contributed by atoms with Crippen LogP contribution in [0, 0.1) is 6.92 Å². The van der Waals surface area contributed by atoms with Crippen LogP contribution in [-0.4, -0.2) is 18.4 Å². The molecule has 2 rings (SSSR count). The Balaban J connectivity index is 2.19.